The number of nitrogens with zero attached hydrogens (tertiary/aromatic N) is 1. The van der Waals surface area contributed by atoms with Crippen LogP contribution in [0.25, 0.3) is 0 Å². The van der Waals surface area contributed by atoms with Gasteiger partial charge in [0.1, 0.15) is 13.2 Å². The summed E-state index contributed by atoms with van der Waals surface area (Å²) in [4.78, 5) is 36.7. The Balaban J connectivity index is 4.45. The van der Waals surface area contributed by atoms with E-state index < -0.39 is 24.3 Å². The number of hydrogen-bond donors (Lipinski definition) is 0. The number of unbranched alkanes of at least 4 members (excludes halogenated alkanes) is 22. The molecular weight excluding hydrogens is 622 g/mol. The lowest BCUT2D eigenvalue weighted by molar-refractivity contribution is -0.870. The van der Waals surface area contributed by atoms with E-state index >= 15 is 0 Å². The molecule has 0 aliphatic heterocycles. The molecule has 0 saturated heterocycles. The fourth-order valence-electron chi connectivity index (χ4n) is 5.65. The molecule has 9 nitrogen and oxygen atoms in total. The normalized spacial score (nSPS) is 12.9. The van der Waals surface area contributed by atoms with Crippen LogP contribution >= 0.6 is 0 Å². The molecule has 0 fully saturated rings. The van der Waals surface area contributed by atoms with Crippen LogP contribution < -0.4 is 5.11 Å². The van der Waals surface area contributed by atoms with Crippen molar-refractivity contribution in [1.82, 2.24) is 0 Å². The first-order valence-electron chi connectivity index (χ1n) is 20.2. The van der Waals surface area contributed by atoms with Crippen molar-refractivity contribution in [2.75, 3.05) is 47.5 Å². The van der Waals surface area contributed by atoms with Crippen molar-refractivity contribution in [2.24, 2.45) is 0 Å². The molecular formula is C40H77NO8. The topological polar surface area (TPSA) is 111 Å². The van der Waals surface area contributed by atoms with Gasteiger partial charge in [0, 0.05) is 12.8 Å². The predicted octanol–water partition coefficient (Wildman–Crippen LogP) is 8.44. The molecule has 290 valence electrons. The number of likely N-dealkylation sites (N-methyl/N-ethyl adjacent to an activating group) is 1. The Morgan fingerprint density at radius 2 is 0.918 bits per heavy atom. The van der Waals surface area contributed by atoms with E-state index in [1.165, 1.54) is 116 Å². The highest BCUT2D eigenvalue weighted by Gasteiger charge is 2.21. The quantitative estimate of drug-likeness (QED) is 0.0275. The number of carbonyl (C=O) groups excluding carboxylic acids is 3. The van der Waals surface area contributed by atoms with Crippen molar-refractivity contribution in [3.05, 3.63) is 0 Å². The van der Waals surface area contributed by atoms with Gasteiger partial charge in [0.25, 0.3) is 0 Å². The third-order valence-corrected chi connectivity index (χ3v) is 8.85. The van der Waals surface area contributed by atoms with Crippen molar-refractivity contribution >= 4 is 17.9 Å². The van der Waals surface area contributed by atoms with Gasteiger partial charge in [-0.15, -0.1) is 0 Å². The minimum absolute atomic E-state index is 0.152. The SMILES string of the molecule is CCCCCCCCCCCCCCCCCC(=O)OC(COC(=O)CCCCCCCCCCC)COC(OCC[N+](C)(C)C)C(=O)[O-]. The summed E-state index contributed by atoms with van der Waals surface area (Å²) in [6.45, 7) is 4.72. The summed E-state index contributed by atoms with van der Waals surface area (Å²) in [5, 5.41) is 11.6. The van der Waals surface area contributed by atoms with Gasteiger partial charge in [0.2, 0.25) is 0 Å². The molecule has 0 bridgehead atoms. The van der Waals surface area contributed by atoms with Crippen LogP contribution in [-0.4, -0.2) is 82.3 Å². The number of ether oxygens (including phenoxy) is 4. The second-order valence-electron chi connectivity index (χ2n) is 14.9. The molecule has 2 unspecified atom stereocenters. The Labute approximate surface area is 301 Å². The number of quaternary nitrogens is 1. The van der Waals surface area contributed by atoms with Gasteiger partial charge in [-0.3, -0.25) is 9.59 Å². The first kappa shape index (κ1) is 47.3. The maximum Gasteiger partial charge on any atom is 0.306 e. The van der Waals surface area contributed by atoms with E-state index in [-0.39, 0.29) is 32.2 Å². The van der Waals surface area contributed by atoms with Crippen molar-refractivity contribution in [1.29, 1.82) is 0 Å². The third kappa shape index (κ3) is 34.5. The van der Waals surface area contributed by atoms with Gasteiger partial charge in [0.05, 0.1) is 40.3 Å². The summed E-state index contributed by atoms with van der Waals surface area (Å²) in [6, 6.07) is 0. The van der Waals surface area contributed by atoms with Gasteiger partial charge < -0.3 is 33.3 Å². The fraction of sp³-hybridized carbons (Fsp3) is 0.925. The summed E-state index contributed by atoms with van der Waals surface area (Å²) in [7, 11) is 5.90. The first-order chi connectivity index (χ1) is 23.6. The van der Waals surface area contributed by atoms with E-state index in [2.05, 4.69) is 13.8 Å². The maximum absolute atomic E-state index is 12.7. The highest BCUT2D eigenvalue weighted by molar-refractivity contribution is 5.70. The molecule has 0 aliphatic rings. The highest BCUT2D eigenvalue weighted by Crippen LogP contribution is 2.15. The summed E-state index contributed by atoms with van der Waals surface area (Å²) in [5.41, 5.74) is 0. The minimum atomic E-state index is -1.61. The second-order valence-corrected chi connectivity index (χ2v) is 14.9. The van der Waals surface area contributed by atoms with Crippen LogP contribution in [-0.2, 0) is 33.3 Å². The highest BCUT2D eigenvalue weighted by atomic mass is 16.7. The van der Waals surface area contributed by atoms with E-state index in [1.54, 1.807) is 0 Å². The Bertz CT molecular complexity index is 785. The average molecular weight is 700 g/mol. The van der Waals surface area contributed by atoms with Crippen LogP contribution in [0.2, 0.25) is 0 Å². The van der Waals surface area contributed by atoms with Crippen LogP contribution in [0.5, 0.6) is 0 Å². The van der Waals surface area contributed by atoms with Crippen molar-refractivity contribution in [3.63, 3.8) is 0 Å². The monoisotopic (exact) mass is 700 g/mol. The zero-order chi connectivity index (χ0) is 36.4. The molecule has 0 aromatic heterocycles. The molecule has 0 N–H and O–H groups in total. The van der Waals surface area contributed by atoms with Crippen LogP contribution in [0.1, 0.15) is 181 Å². The van der Waals surface area contributed by atoms with Gasteiger partial charge in [-0.25, -0.2) is 0 Å². The van der Waals surface area contributed by atoms with E-state index in [4.69, 9.17) is 18.9 Å². The average Bonchev–Trinajstić information content (AvgIpc) is 3.05. The Morgan fingerprint density at radius 1 is 0.531 bits per heavy atom. The van der Waals surface area contributed by atoms with E-state index in [9.17, 15) is 19.5 Å². The number of esters is 2. The zero-order valence-corrected chi connectivity index (χ0v) is 32.6. The molecule has 0 aliphatic carbocycles. The molecule has 0 amide bonds. The van der Waals surface area contributed by atoms with Gasteiger partial charge in [-0.05, 0) is 12.8 Å². The van der Waals surface area contributed by atoms with Crippen LogP contribution in [0.4, 0.5) is 0 Å². The molecule has 0 aromatic rings. The van der Waals surface area contributed by atoms with Crippen molar-refractivity contribution < 1.29 is 42.9 Å². The molecule has 0 spiro atoms. The molecule has 0 rings (SSSR count). The summed E-state index contributed by atoms with van der Waals surface area (Å²) in [6.07, 6.45) is 27.0. The molecule has 0 aromatic carbocycles. The first-order valence-corrected chi connectivity index (χ1v) is 20.2. The molecule has 0 radical (unpaired) electrons. The third-order valence-electron chi connectivity index (χ3n) is 8.85. The number of carbonyl (C=O) groups is 3. The van der Waals surface area contributed by atoms with E-state index in [1.807, 2.05) is 21.1 Å². The summed E-state index contributed by atoms with van der Waals surface area (Å²) >= 11 is 0. The lowest BCUT2D eigenvalue weighted by Crippen LogP contribution is -2.44. The molecule has 49 heavy (non-hydrogen) atoms. The lowest BCUT2D eigenvalue weighted by Gasteiger charge is -2.26. The second kappa shape index (κ2) is 33.4. The van der Waals surface area contributed by atoms with Gasteiger partial charge in [-0.2, -0.15) is 0 Å². The number of aliphatic carboxylic acids is 1. The van der Waals surface area contributed by atoms with Crippen molar-refractivity contribution in [2.45, 2.75) is 193 Å². The van der Waals surface area contributed by atoms with Gasteiger partial charge in [-0.1, -0.05) is 155 Å². The fourth-order valence-corrected chi connectivity index (χ4v) is 5.65. The largest absolute Gasteiger partial charge is 0.545 e. The smallest absolute Gasteiger partial charge is 0.306 e. The Kier molecular flexibility index (Phi) is 32.3. The summed E-state index contributed by atoms with van der Waals surface area (Å²) < 4.78 is 22.4. The Morgan fingerprint density at radius 3 is 1.31 bits per heavy atom. The molecule has 0 heterocycles. The van der Waals surface area contributed by atoms with E-state index in [0.29, 0.717) is 17.4 Å². The van der Waals surface area contributed by atoms with E-state index in [0.717, 1.165) is 38.5 Å². The number of carboxylic acid groups (broad SMARTS) is 1. The number of hydrogen-bond acceptors (Lipinski definition) is 8. The zero-order valence-electron chi connectivity index (χ0n) is 32.6. The Hall–Kier alpha value is -1.71. The van der Waals surface area contributed by atoms with Crippen LogP contribution in [0.3, 0.4) is 0 Å². The van der Waals surface area contributed by atoms with Crippen LogP contribution in [0.15, 0.2) is 0 Å². The summed E-state index contributed by atoms with van der Waals surface area (Å²) in [5.74, 6) is -2.28. The minimum Gasteiger partial charge on any atom is -0.545 e. The number of carboxylic acids is 1. The van der Waals surface area contributed by atoms with Crippen molar-refractivity contribution in [3.8, 4) is 0 Å². The molecule has 2 atom stereocenters. The molecule has 9 heteroatoms. The van der Waals surface area contributed by atoms with Gasteiger partial charge >= 0.3 is 11.9 Å². The standard InChI is InChI=1S/C40H77NO8/c1-6-8-10-12-14-16-17-18-19-20-21-23-25-27-29-31-38(43)49-36(35-48-40(39(44)45)46-33-32-41(3,4)5)34-47-37(42)30-28-26-24-22-15-13-11-9-7-2/h36,40H,6-35H2,1-5H3. The molecule has 0 saturated carbocycles. The number of rotatable bonds is 37. The van der Waals surface area contributed by atoms with Gasteiger partial charge in [0.15, 0.2) is 12.4 Å². The predicted molar refractivity (Wildman–Crippen MR) is 196 cm³/mol. The lowest BCUT2D eigenvalue weighted by atomic mass is 10.0. The van der Waals surface area contributed by atoms with Crippen LogP contribution in [0, 0.1) is 0 Å². The maximum atomic E-state index is 12.7.